The molecule has 1 heterocycles. The van der Waals surface area contributed by atoms with Crippen LogP contribution in [0.2, 0.25) is 0 Å². The molecule has 162 valence electrons. The van der Waals surface area contributed by atoms with Crippen molar-refractivity contribution in [2.75, 3.05) is 36.5 Å². The third-order valence-corrected chi connectivity index (χ3v) is 5.43. The number of nitrogens with zero attached hydrogens (tertiary/aromatic N) is 1. The Morgan fingerprint density at radius 2 is 1.93 bits per heavy atom. The first-order valence-corrected chi connectivity index (χ1v) is 11.3. The Morgan fingerprint density at radius 1 is 1.10 bits per heavy atom. The highest BCUT2D eigenvalue weighted by atomic mass is 16.5. The molecule has 0 saturated heterocycles. The highest BCUT2D eigenvalue weighted by Crippen LogP contribution is 2.28. The summed E-state index contributed by atoms with van der Waals surface area (Å²) < 4.78 is 5.65. The van der Waals surface area contributed by atoms with E-state index < -0.39 is 0 Å². The van der Waals surface area contributed by atoms with Crippen LogP contribution in [0.25, 0.3) is 0 Å². The van der Waals surface area contributed by atoms with Crippen molar-refractivity contribution in [1.82, 2.24) is 5.32 Å². The van der Waals surface area contributed by atoms with E-state index >= 15 is 0 Å². The van der Waals surface area contributed by atoms with Crippen LogP contribution >= 0.6 is 0 Å². The first-order chi connectivity index (χ1) is 14.7. The summed E-state index contributed by atoms with van der Waals surface area (Å²) in [6.07, 6.45) is 6.54. The smallest absolute Gasteiger partial charge is 0.319 e. The first-order valence-electron chi connectivity index (χ1n) is 11.3. The average Bonchev–Trinajstić information content (AvgIpc) is 2.75. The molecule has 0 saturated carbocycles. The van der Waals surface area contributed by atoms with Gasteiger partial charge in [-0.05, 0) is 73.6 Å². The lowest BCUT2D eigenvalue weighted by atomic mass is 9.98. The van der Waals surface area contributed by atoms with Crippen LogP contribution in [0.1, 0.15) is 50.7 Å². The fraction of sp³-hybridized carbons (Fsp3) is 0.480. The van der Waals surface area contributed by atoms with Crippen molar-refractivity contribution >= 4 is 17.4 Å². The Bertz CT molecular complexity index is 805. The standard InChI is InChI=1S/C25H35N3O2/c1-3-5-18-30-23-11-9-22(10-12-23)27-25(29)26-15-14-20-8-13-24-21(19-20)7-6-17-28(24)16-4-2/h8-13,19H,3-7,14-18H2,1-2H3,(H2,26,27,29). The van der Waals surface area contributed by atoms with Gasteiger partial charge in [-0.3, -0.25) is 0 Å². The molecule has 0 aromatic heterocycles. The second-order valence-corrected chi connectivity index (χ2v) is 7.91. The summed E-state index contributed by atoms with van der Waals surface area (Å²) in [6, 6.07) is 14.1. The number of hydrogen-bond donors (Lipinski definition) is 2. The number of anilines is 2. The number of nitrogens with one attached hydrogen (secondary N) is 2. The summed E-state index contributed by atoms with van der Waals surface area (Å²) >= 11 is 0. The fourth-order valence-electron chi connectivity index (χ4n) is 3.85. The van der Waals surface area contributed by atoms with Gasteiger partial charge in [0.15, 0.2) is 0 Å². The number of fused-ring (bicyclic) bond motifs is 1. The lowest BCUT2D eigenvalue weighted by molar-refractivity contribution is 0.252. The predicted octanol–water partition coefficient (Wildman–Crippen LogP) is 5.39. The van der Waals surface area contributed by atoms with Gasteiger partial charge in [-0.25, -0.2) is 4.79 Å². The average molecular weight is 410 g/mol. The molecule has 0 radical (unpaired) electrons. The molecule has 1 aliphatic heterocycles. The molecule has 0 fully saturated rings. The third-order valence-electron chi connectivity index (χ3n) is 5.43. The quantitative estimate of drug-likeness (QED) is 0.517. The number of rotatable bonds is 10. The van der Waals surface area contributed by atoms with Crippen LogP contribution in [0.5, 0.6) is 5.75 Å². The molecule has 0 atom stereocenters. The summed E-state index contributed by atoms with van der Waals surface area (Å²) in [7, 11) is 0. The molecule has 2 amide bonds. The van der Waals surface area contributed by atoms with E-state index in [0.29, 0.717) is 6.54 Å². The number of unbranched alkanes of at least 4 members (excludes halogenated alkanes) is 1. The molecule has 0 unspecified atom stereocenters. The van der Waals surface area contributed by atoms with Crippen LogP contribution in [-0.4, -0.2) is 32.3 Å². The molecule has 2 N–H and O–H groups in total. The Morgan fingerprint density at radius 3 is 2.70 bits per heavy atom. The second-order valence-electron chi connectivity index (χ2n) is 7.91. The van der Waals surface area contributed by atoms with Gasteiger partial charge in [0.05, 0.1) is 6.61 Å². The normalized spacial score (nSPS) is 12.9. The number of ether oxygens (including phenoxy) is 1. The second kappa shape index (κ2) is 11.5. The maximum absolute atomic E-state index is 12.2. The highest BCUT2D eigenvalue weighted by molar-refractivity contribution is 5.89. The molecule has 5 heteroatoms. The van der Waals surface area contributed by atoms with Crippen molar-refractivity contribution in [3.8, 4) is 5.75 Å². The molecule has 2 aromatic carbocycles. The highest BCUT2D eigenvalue weighted by Gasteiger charge is 2.16. The van der Waals surface area contributed by atoms with Crippen molar-refractivity contribution in [2.24, 2.45) is 0 Å². The van der Waals surface area contributed by atoms with Crippen LogP contribution in [0.15, 0.2) is 42.5 Å². The zero-order valence-electron chi connectivity index (χ0n) is 18.4. The summed E-state index contributed by atoms with van der Waals surface area (Å²) in [5.41, 5.74) is 4.87. The number of aryl methyl sites for hydroxylation is 1. The SMILES string of the molecule is CCCCOc1ccc(NC(=O)NCCc2ccc3c(c2)CCCN3CCC)cc1. The molecule has 5 nitrogen and oxygen atoms in total. The van der Waals surface area contributed by atoms with Gasteiger partial charge in [-0.1, -0.05) is 32.4 Å². The van der Waals surface area contributed by atoms with Crippen molar-refractivity contribution in [3.05, 3.63) is 53.6 Å². The molecule has 0 spiro atoms. The van der Waals surface area contributed by atoms with Crippen molar-refractivity contribution in [2.45, 2.75) is 52.4 Å². The molecule has 30 heavy (non-hydrogen) atoms. The number of carbonyl (C=O) groups is 1. The van der Waals surface area contributed by atoms with E-state index in [1.807, 2.05) is 24.3 Å². The summed E-state index contributed by atoms with van der Waals surface area (Å²) in [4.78, 5) is 14.7. The number of hydrogen-bond acceptors (Lipinski definition) is 3. The van der Waals surface area contributed by atoms with Gasteiger partial charge in [0.1, 0.15) is 5.75 Å². The number of carbonyl (C=O) groups excluding carboxylic acids is 1. The molecular weight excluding hydrogens is 374 g/mol. The van der Waals surface area contributed by atoms with Crippen molar-refractivity contribution in [1.29, 1.82) is 0 Å². The lowest BCUT2D eigenvalue weighted by Crippen LogP contribution is -2.31. The van der Waals surface area contributed by atoms with E-state index in [1.54, 1.807) is 0 Å². The minimum atomic E-state index is -0.179. The van der Waals surface area contributed by atoms with Gasteiger partial charge in [0.2, 0.25) is 0 Å². The van der Waals surface area contributed by atoms with Gasteiger partial charge in [0, 0.05) is 31.0 Å². The van der Waals surface area contributed by atoms with E-state index in [4.69, 9.17) is 4.74 Å². The van der Waals surface area contributed by atoms with E-state index in [-0.39, 0.29) is 6.03 Å². The maximum atomic E-state index is 12.2. The van der Waals surface area contributed by atoms with Gasteiger partial charge in [0.25, 0.3) is 0 Å². The number of benzene rings is 2. The van der Waals surface area contributed by atoms with Crippen molar-refractivity contribution < 1.29 is 9.53 Å². The zero-order chi connectivity index (χ0) is 21.2. The summed E-state index contributed by atoms with van der Waals surface area (Å²) in [6.45, 7) is 8.00. The lowest BCUT2D eigenvalue weighted by Gasteiger charge is -2.31. The largest absolute Gasteiger partial charge is 0.494 e. The first kappa shape index (κ1) is 22.0. The maximum Gasteiger partial charge on any atom is 0.319 e. The fourth-order valence-corrected chi connectivity index (χ4v) is 3.85. The zero-order valence-corrected chi connectivity index (χ0v) is 18.4. The minimum Gasteiger partial charge on any atom is -0.494 e. The van der Waals surface area contributed by atoms with Crippen LogP contribution in [0.4, 0.5) is 16.2 Å². The summed E-state index contributed by atoms with van der Waals surface area (Å²) in [5, 5.41) is 5.83. The van der Waals surface area contributed by atoms with Crippen LogP contribution in [0.3, 0.4) is 0 Å². The van der Waals surface area contributed by atoms with Crippen LogP contribution in [-0.2, 0) is 12.8 Å². The van der Waals surface area contributed by atoms with E-state index in [1.165, 1.54) is 29.7 Å². The molecule has 2 aromatic rings. The minimum absolute atomic E-state index is 0.179. The van der Waals surface area contributed by atoms with Gasteiger partial charge in [-0.15, -0.1) is 0 Å². The Labute approximate surface area is 180 Å². The number of urea groups is 1. The molecule has 3 rings (SSSR count). The Balaban J connectivity index is 1.43. The van der Waals surface area contributed by atoms with E-state index in [0.717, 1.165) is 56.8 Å². The third kappa shape index (κ3) is 6.41. The van der Waals surface area contributed by atoms with Gasteiger partial charge in [-0.2, -0.15) is 0 Å². The Kier molecular flexibility index (Phi) is 8.42. The monoisotopic (exact) mass is 409 g/mol. The molecular formula is C25H35N3O2. The van der Waals surface area contributed by atoms with Crippen LogP contribution < -0.4 is 20.3 Å². The van der Waals surface area contributed by atoms with Gasteiger partial charge < -0.3 is 20.3 Å². The Hall–Kier alpha value is -2.69. The van der Waals surface area contributed by atoms with E-state index in [2.05, 4.69) is 47.6 Å². The number of amides is 2. The van der Waals surface area contributed by atoms with E-state index in [9.17, 15) is 4.79 Å². The van der Waals surface area contributed by atoms with Crippen molar-refractivity contribution in [3.63, 3.8) is 0 Å². The topological polar surface area (TPSA) is 53.6 Å². The summed E-state index contributed by atoms with van der Waals surface area (Å²) in [5.74, 6) is 0.833. The molecule has 0 bridgehead atoms. The predicted molar refractivity (Wildman–Crippen MR) is 125 cm³/mol. The van der Waals surface area contributed by atoms with Gasteiger partial charge >= 0.3 is 6.03 Å². The van der Waals surface area contributed by atoms with Crippen LogP contribution in [0, 0.1) is 0 Å². The molecule has 0 aliphatic carbocycles. The molecule has 1 aliphatic rings.